The van der Waals surface area contributed by atoms with Gasteiger partial charge in [-0.15, -0.1) is 0 Å². The van der Waals surface area contributed by atoms with Gasteiger partial charge in [-0.2, -0.15) is 13.2 Å². The van der Waals surface area contributed by atoms with Crippen LogP contribution in [-0.4, -0.2) is 73.5 Å². The number of benzene rings is 2. The minimum absolute atomic E-state index is 0.0227. The number of hydrogen-bond acceptors (Lipinski definition) is 4. The number of rotatable bonds is 2. The fourth-order valence-electron chi connectivity index (χ4n) is 5.65. The average molecular weight is 521 g/mol. The summed E-state index contributed by atoms with van der Waals surface area (Å²) in [7, 11) is 0. The molecule has 0 radical (unpaired) electrons. The second-order valence-electron chi connectivity index (χ2n) is 9.67. The van der Waals surface area contributed by atoms with Gasteiger partial charge in [-0.05, 0) is 54.4 Å². The molecule has 2 fully saturated rings. The number of nitrogens with zero attached hydrogens (tertiary/aromatic N) is 4. The van der Waals surface area contributed by atoms with E-state index in [4.69, 9.17) is 11.6 Å². The lowest BCUT2D eigenvalue weighted by atomic mass is 9.82. The van der Waals surface area contributed by atoms with Crippen molar-refractivity contribution in [2.75, 3.05) is 55.6 Å². The molecule has 2 aromatic rings. The van der Waals surface area contributed by atoms with Crippen LogP contribution in [0.15, 0.2) is 42.5 Å². The highest BCUT2D eigenvalue weighted by molar-refractivity contribution is 6.30. The Hall–Kier alpha value is -2.94. The maximum atomic E-state index is 13.8. The molecule has 0 saturated carbocycles. The lowest BCUT2D eigenvalue weighted by molar-refractivity contribution is -0.142. The monoisotopic (exact) mass is 520 g/mol. The van der Waals surface area contributed by atoms with E-state index in [1.165, 1.54) is 13.0 Å². The zero-order valence-electron chi connectivity index (χ0n) is 20.0. The summed E-state index contributed by atoms with van der Waals surface area (Å²) in [6.07, 6.45) is -4.19. The van der Waals surface area contributed by atoms with Gasteiger partial charge < -0.3 is 19.6 Å². The fraction of sp³-hybridized carbons (Fsp3) is 0.462. The van der Waals surface area contributed by atoms with Crippen LogP contribution in [0, 0.1) is 5.92 Å². The molecular formula is C26H28ClF3N4O2. The van der Waals surface area contributed by atoms with E-state index < -0.39 is 17.7 Å². The zero-order valence-corrected chi connectivity index (χ0v) is 20.7. The standard InChI is InChI=1S/C26H28ClF3N4O2/c1-17(35)31-8-10-32(11-9-31)25(36)22-15-18-14-19(26(28,29)30)2-7-23(18)34-13-12-33(16-24(22)34)21-5-3-20(27)4-6-21/h2-7,14,22,24H,8-13,15-16H2,1H3. The van der Waals surface area contributed by atoms with E-state index in [1.54, 1.807) is 15.9 Å². The molecule has 0 bridgehead atoms. The number of fused-ring (bicyclic) bond motifs is 3. The Morgan fingerprint density at radius 2 is 1.58 bits per heavy atom. The van der Waals surface area contributed by atoms with Crippen molar-refractivity contribution in [3.05, 3.63) is 58.6 Å². The number of alkyl halides is 3. The van der Waals surface area contributed by atoms with Gasteiger partial charge in [0.1, 0.15) is 0 Å². The molecule has 10 heteroatoms. The lowest BCUT2D eigenvalue weighted by Crippen LogP contribution is -2.62. The normalized spacial score (nSPS) is 22.2. The van der Waals surface area contributed by atoms with Gasteiger partial charge in [-0.1, -0.05) is 11.6 Å². The number of carbonyl (C=O) groups is 2. The van der Waals surface area contributed by atoms with Crippen LogP contribution in [0.5, 0.6) is 0 Å². The van der Waals surface area contributed by atoms with Crippen molar-refractivity contribution < 1.29 is 22.8 Å². The van der Waals surface area contributed by atoms with E-state index in [0.717, 1.165) is 17.4 Å². The van der Waals surface area contributed by atoms with Crippen molar-refractivity contribution in [1.82, 2.24) is 9.80 Å². The van der Waals surface area contributed by atoms with Crippen molar-refractivity contribution in [2.24, 2.45) is 5.92 Å². The molecule has 2 saturated heterocycles. The minimum Gasteiger partial charge on any atom is -0.368 e. The van der Waals surface area contributed by atoms with Crippen LogP contribution in [0.1, 0.15) is 18.1 Å². The second kappa shape index (κ2) is 9.50. The predicted molar refractivity (Wildman–Crippen MR) is 132 cm³/mol. The van der Waals surface area contributed by atoms with E-state index in [-0.39, 0.29) is 24.3 Å². The predicted octanol–water partition coefficient (Wildman–Crippen LogP) is 3.92. The fourth-order valence-corrected chi connectivity index (χ4v) is 5.77. The summed E-state index contributed by atoms with van der Waals surface area (Å²) < 4.78 is 40.4. The lowest BCUT2D eigenvalue weighted by Gasteiger charge is -2.50. The summed E-state index contributed by atoms with van der Waals surface area (Å²) in [6.45, 7) is 5.15. The van der Waals surface area contributed by atoms with E-state index >= 15 is 0 Å². The highest BCUT2D eigenvalue weighted by Crippen LogP contribution is 2.41. The quantitative estimate of drug-likeness (QED) is 0.602. The van der Waals surface area contributed by atoms with Crippen LogP contribution in [0.25, 0.3) is 0 Å². The molecule has 5 rings (SSSR count). The van der Waals surface area contributed by atoms with Gasteiger partial charge >= 0.3 is 6.18 Å². The van der Waals surface area contributed by atoms with Gasteiger partial charge in [0, 0.05) is 69.1 Å². The molecule has 2 unspecified atom stereocenters. The molecule has 192 valence electrons. The zero-order chi connectivity index (χ0) is 25.6. The molecule has 0 N–H and O–H groups in total. The van der Waals surface area contributed by atoms with Crippen molar-refractivity contribution >= 4 is 34.8 Å². The molecule has 0 spiro atoms. The molecule has 2 atom stereocenters. The van der Waals surface area contributed by atoms with E-state index in [1.807, 2.05) is 24.3 Å². The van der Waals surface area contributed by atoms with Crippen molar-refractivity contribution in [1.29, 1.82) is 0 Å². The first-order chi connectivity index (χ1) is 17.1. The SMILES string of the molecule is CC(=O)N1CCN(C(=O)C2Cc3cc(C(F)(F)F)ccc3N3CCN(c4ccc(Cl)cc4)CC23)CC1. The molecule has 2 amide bonds. The summed E-state index contributed by atoms with van der Waals surface area (Å²) in [5.41, 5.74) is 1.63. The Balaban J connectivity index is 1.45. The Bertz CT molecular complexity index is 1150. The van der Waals surface area contributed by atoms with Crippen molar-refractivity contribution in [3.63, 3.8) is 0 Å². The summed E-state index contributed by atoms with van der Waals surface area (Å²) in [6, 6.07) is 11.2. The second-order valence-corrected chi connectivity index (χ2v) is 10.1. The van der Waals surface area contributed by atoms with E-state index in [0.29, 0.717) is 56.4 Å². The van der Waals surface area contributed by atoms with Crippen LogP contribution in [0.2, 0.25) is 5.02 Å². The van der Waals surface area contributed by atoms with Gasteiger partial charge in [0.05, 0.1) is 17.5 Å². The number of hydrogen-bond donors (Lipinski definition) is 0. The Morgan fingerprint density at radius 3 is 2.22 bits per heavy atom. The van der Waals surface area contributed by atoms with Crippen LogP contribution < -0.4 is 9.80 Å². The maximum absolute atomic E-state index is 13.8. The molecule has 3 aliphatic heterocycles. The van der Waals surface area contributed by atoms with Crippen molar-refractivity contribution in [3.8, 4) is 0 Å². The van der Waals surface area contributed by atoms with Gasteiger partial charge in [0.15, 0.2) is 0 Å². The van der Waals surface area contributed by atoms with Gasteiger partial charge in [0.25, 0.3) is 0 Å². The van der Waals surface area contributed by atoms with E-state index in [2.05, 4.69) is 9.80 Å². The number of piperazine rings is 2. The molecule has 0 aliphatic carbocycles. The maximum Gasteiger partial charge on any atom is 0.416 e. The number of carbonyl (C=O) groups excluding carboxylic acids is 2. The molecular weight excluding hydrogens is 493 g/mol. The van der Waals surface area contributed by atoms with Crippen LogP contribution in [0.3, 0.4) is 0 Å². The van der Waals surface area contributed by atoms with Gasteiger partial charge in [0.2, 0.25) is 11.8 Å². The molecule has 0 aromatic heterocycles. The minimum atomic E-state index is -4.44. The average Bonchev–Trinajstić information content (AvgIpc) is 2.87. The van der Waals surface area contributed by atoms with Crippen molar-refractivity contribution in [2.45, 2.75) is 25.6 Å². The molecule has 2 aromatic carbocycles. The molecule has 3 heterocycles. The first kappa shape index (κ1) is 24.7. The number of halogens is 4. The molecule has 36 heavy (non-hydrogen) atoms. The third-order valence-corrected chi connectivity index (χ3v) is 7.84. The third kappa shape index (κ3) is 4.73. The van der Waals surface area contributed by atoms with Crippen LogP contribution in [0.4, 0.5) is 24.5 Å². The summed E-state index contributed by atoms with van der Waals surface area (Å²) >= 11 is 6.06. The van der Waals surface area contributed by atoms with E-state index in [9.17, 15) is 22.8 Å². The topological polar surface area (TPSA) is 47.1 Å². The first-order valence-corrected chi connectivity index (χ1v) is 12.5. The molecule has 3 aliphatic rings. The summed E-state index contributed by atoms with van der Waals surface area (Å²) in [5, 5.41) is 0.641. The highest BCUT2D eigenvalue weighted by atomic mass is 35.5. The Labute approximate surface area is 213 Å². The first-order valence-electron chi connectivity index (χ1n) is 12.1. The van der Waals surface area contributed by atoms with Crippen LogP contribution in [-0.2, 0) is 22.2 Å². The number of anilines is 2. The Morgan fingerprint density at radius 1 is 0.917 bits per heavy atom. The largest absolute Gasteiger partial charge is 0.416 e. The number of amides is 2. The highest BCUT2D eigenvalue weighted by Gasteiger charge is 2.44. The molecule has 6 nitrogen and oxygen atoms in total. The van der Waals surface area contributed by atoms with Gasteiger partial charge in [-0.3, -0.25) is 9.59 Å². The smallest absolute Gasteiger partial charge is 0.368 e. The van der Waals surface area contributed by atoms with Gasteiger partial charge in [-0.25, -0.2) is 0 Å². The summed E-state index contributed by atoms with van der Waals surface area (Å²) in [5.74, 6) is -0.570. The Kier molecular flexibility index (Phi) is 6.53. The third-order valence-electron chi connectivity index (χ3n) is 7.58. The summed E-state index contributed by atoms with van der Waals surface area (Å²) in [4.78, 5) is 33.3. The van der Waals surface area contributed by atoms with Crippen LogP contribution >= 0.6 is 11.6 Å².